The molecule has 21 heavy (non-hydrogen) atoms. The zero-order valence-corrected chi connectivity index (χ0v) is 12.0. The van der Waals surface area contributed by atoms with Crippen molar-refractivity contribution in [2.75, 3.05) is 31.6 Å². The average molecular weight is 294 g/mol. The lowest BCUT2D eigenvalue weighted by molar-refractivity contribution is -0.385. The predicted octanol–water partition coefficient (Wildman–Crippen LogP) is 1.22. The number of aromatic nitrogens is 1. The molecule has 1 unspecified atom stereocenters. The van der Waals surface area contributed by atoms with Crippen LogP contribution in [0.2, 0.25) is 0 Å². The van der Waals surface area contributed by atoms with Gasteiger partial charge in [0.2, 0.25) is 0 Å². The Balaban J connectivity index is 2.30. The molecule has 2 rings (SSSR count). The number of piperazine rings is 1. The Morgan fingerprint density at radius 2 is 2.29 bits per heavy atom. The lowest BCUT2D eigenvalue weighted by Gasteiger charge is -2.39. The number of carboxylic acid groups (broad SMARTS) is 1. The molecule has 1 atom stereocenters. The molecule has 1 N–H and O–H groups in total. The van der Waals surface area contributed by atoms with Crippen LogP contribution in [-0.2, 0) is 0 Å². The Labute approximate surface area is 122 Å². The van der Waals surface area contributed by atoms with Crippen molar-refractivity contribution in [3.05, 3.63) is 27.9 Å². The molecule has 0 bridgehead atoms. The van der Waals surface area contributed by atoms with Crippen LogP contribution in [0.3, 0.4) is 0 Å². The quantitative estimate of drug-likeness (QED) is 0.658. The molecule has 1 aromatic rings. The van der Waals surface area contributed by atoms with Crippen LogP contribution in [0.1, 0.15) is 23.7 Å². The van der Waals surface area contributed by atoms with E-state index < -0.39 is 16.6 Å². The van der Waals surface area contributed by atoms with Gasteiger partial charge in [0.25, 0.3) is 0 Å². The lowest BCUT2D eigenvalue weighted by Crippen LogP contribution is -2.51. The van der Waals surface area contributed by atoms with Crippen molar-refractivity contribution in [3.63, 3.8) is 0 Å². The first kappa shape index (κ1) is 15.2. The van der Waals surface area contributed by atoms with Gasteiger partial charge in [-0.1, -0.05) is 6.92 Å². The molecule has 8 nitrogen and oxygen atoms in total. The highest BCUT2D eigenvalue weighted by atomic mass is 16.6. The van der Waals surface area contributed by atoms with Crippen molar-refractivity contribution in [2.24, 2.45) is 0 Å². The van der Waals surface area contributed by atoms with Crippen LogP contribution in [0.4, 0.5) is 11.5 Å². The minimum Gasteiger partial charge on any atom is -0.477 e. The number of nitro groups is 1. The second-order valence-corrected chi connectivity index (χ2v) is 5.11. The van der Waals surface area contributed by atoms with E-state index in [-0.39, 0.29) is 5.56 Å². The van der Waals surface area contributed by atoms with E-state index in [1.165, 1.54) is 6.07 Å². The highest BCUT2D eigenvalue weighted by molar-refractivity contribution is 5.93. The van der Waals surface area contributed by atoms with Crippen LogP contribution < -0.4 is 4.90 Å². The number of nitrogens with zero attached hydrogens (tertiary/aromatic N) is 4. The third-order valence-electron chi connectivity index (χ3n) is 3.87. The summed E-state index contributed by atoms with van der Waals surface area (Å²) in [6.07, 6.45) is 2.00. The van der Waals surface area contributed by atoms with Crippen LogP contribution >= 0.6 is 0 Å². The molecule has 114 valence electrons. The van der Waals surface area contributed by atoms with E-state index in [9.17, 15) is 14.9 Å². The molecule has 0 saturated carbocycles. The summed E-state index contributed by atoms with van der Waals surface area (Å²) >= 11 is 0. The second-order valence-electron chi connectivity index (χ2n) is 5.11. The Kier molecular flexibility index (Phi) is 4.37. The highest BCUT2D eigenvalue weighted by Crippen LogP contribution is 2.24. The van der Waals surface area contributed by atoms with Crippen molar-refractivity contribution in [2.45, 2.75) is 19.4 Å². The largest absolute Gasteiger partial charge is 0.477 e. The first-order chi connectivity index (χ1) is 9.93. The summed E-state index contributed by atoms with van der Waals surface area (Å²) in [5.74, 6) is -0.837. The summed E-state index contributed by atoms with van der Waals surface area (Å²) in [7, 11) is 2.05. The Hall–Kier alpha value is -2.22. The molecule has 0 aliphatic carbocycles. The maximum atomic E-state index is 11.2. The first-order valence-electron chi connectivity index (χ1n) is 6.77. The molecular formula is C13H18N4O4. The number of hydrogen-bond acceptors (Lipinski definition) is 6. The Morgan fingerprint density at radius 1 is 1.57 bits per heavy atom. The minimum atomic E-state index is -1.31. The summed E-state index contributed by atoms with van der Waals surface area (Å²) in [6, 6.07) is 1.66. The molecule has 0 aromatic carbocycles. The summed E-state index contributed by atoms with van der Waals surface area (Å²) in [5.41, 5.74) is -0.801. The Bertz CT molecular complexity index is 563. The van der Waals surface area contributed by atoms with E-state index in [1.807, 2.05) is 4.90 Å². The number of hydrogen-bond donors (Lipinski definition) is 1. The maximum absolute atomic E-state index is 11.2. The predicted molar refractivity (Wildman–Crippen MR) is 76.8 cm³/mol. The first-order valence-corrected chi connectivity index (χ1v) is 6.77. The van der Waals surface area contributed by atoms with Gasteiger partial charge in [-0.15, -0.1) is 0 Å². The van der Waals surface area contributed by atoms with Crippen LogP contribution in [-0.4, -0.2) is 58.6 Å². The fourth-order valence-corrected chi connectivity index (χ4v) is 2.52. The molecule has 1 aliphatic rings. The topological polar surface area (TPSA) is 99.8 Å². The molecule has 0 radical (unpaired) electrons. The normalized spacial score (nSPS) is 19.5. The van der Waals surface area contributed by atoms with Crippen molar-refractivity contribution in [1.82, 2.24) is 9.88 Å². The maximum Gasteiger partial charge on any atom is 0.342 e. The zero-order valence-electron chi connectivity index (χ0n) is 12.0. The molecule has 0 amide bonds. The molecule has 2 heterocycles. The fraction of sp³-hybridized carbons (Fsp3) is 0.538. The van der Waals surface area contributed by atoms with Gasteiger partial charge < -0.3 is 10.0 Å². The van der Waals surface area contributed by atoms with Crippen molar-refractivity contribution in [1.29, 1.82) is 0 Å². The van der Waals surface area contributed by atoms with Gasteiger partial charge in [-0.2, -0.15) is 0 Å². The van der Waals surface area contributed by atoms with E-state index in [4.69, 9.17) is 5.11 Å². The molecule has 1 aromatic heterocycles. The van der Waals surface area contributed by atoms with Gasteiger partial charge in [0.05, 0.1) is 4.92 Å². The standard InChI is InChI=1S/C13H18N4O4/c1-3-9-8-16(5-4-15(9)2)12-6-10(13(18)19)11(7-14-12)17(20)21/h6-7,9H,3-5,8H2,1-2H3,(H,18,19). The van der Waals surface area contributed by atoms with Gasteiger partial charge in [0.15, 0.2) is 0 Å². The molecular weight excluding hydrogens is 276 g/mol. The van der Waals surface area contributed by atoms with Gasteiger partial charge in [0.1, 0.15) is 17.6 Å². The van der Waals surface area contributed by atoms with Crippen molar-refractivity contribution >= 4 is 17.5 Å². The summed E-state index contributed by atoms with van der Waals surface area (Å²) in [6.45, 7) is 4.39. The lowest BCUT2D eigenvalue weighted by atomic mass is 10.1. The average Bonchev–Trinajstić information content (AvgIpc) is 2.47. The number of rotatable bonds is 4. The fourth-order valence-electron chi connectivity index (χ4n) is 2.52. The van der Waals surface area contributed by atoms with E-state index in [0.29, 0.717) is 11.9 Å². The molecule has 1 saturated heterocycles. The van der Waals surface area contributed by atoms with Gasteiger partial charge in [-0.3, -0.25) is 15.0 Å². The van der Waals surface area contributed by atoms with Crippen LogP contribution in [0.25, 0.3) is 0 Å². The van der Waals surface area contributed by atoms with Crippen LogP contribution in [0.15, 0.2) is 12.3 Å². The number of pyridine rings is 1. The molecule has 1 fully saturated rings. The highest BCUT2D eigenvalue weighted by Gasteiger charge is 2.27. The molecule has 0 spiro atoms. The molecule has 8 heteroatoms. The van der Waals surface area contributed by atoms with Gasteiger partial charge in [-0.25, -0.2) is 9.78 Å². The Morgan fingerprint density at radius 3 is 2.86 bits per heavy atom. The second kappa shape index (κ2) is 6.04. The number of carbonyl (C=O) groups is 1. The summed E-state index contributed by atoms with van der Waals surface area (Å²) in [4.78, 5) is 29.6. The molecule has 1 aliphatic heterocycles. The van der Waals surface area contributed by atoms with Crippen LogP contribution in [0.5, 0.6) is 0 Å². The summed E-state index contributed by atoms with van der Waals surface area (Å²) in [5, 5.41) is 20.0. The third-order valence-corrected chi connectivity index (χ3v) is 3.87. The van der Waals surface area contributed by atoms with E-state index in [2.05, 4.69) is 23.9 Å². The van der Waals surface area contributed by atoms with Crippen molar-refractivity contribution in [3.8, 4) is 0 Å². The van der Waals surface area contributed by atoms with E-state index in [0.717, 1.165) is 32.3 Å². The summed E-state index contributed by atoms with van der Waals surface area (Å²) < 4.78 is 0. The number of aromatic carboxylic acids is 1. The number of likely N-dealkylation sites (N-methyl/N-ethyl adjacent to an activating group) is 1. The van der Waals surface area contributed by atoms with Gasteiger partial charge >= 0.3 is 11.7 Å². The van der Waals surface area contributed by atoms with Crippen molar-refractivity contribution < 1.29 is 14.8 Å². The third kappa shape index (κ3) is 3.10. The van der Waals surface area contributed by atoms with E-state index >= 15 is 0 Å². The monoisotopic (exact) mass is 294 g/mol. The number of carboxylic acids is 1. The minimum absolute atomic E-state index is 0.322. The SMILES string of the molecule is CCC1CN(c2cc(C(=O)O)c([N+](=O)[O-])cn2)CCN1C. The smallest absolute Gasteiger partial charge is 0.342 e. The van der Waals surface area contributed by atoms with Gasteiger partial charge in [-0.05, 0) is 13.5 Å². The van der Waals surface area contributed by atoms with E-state index in [1.54, 1.807) is 0 Å². The zero-order chi connectivity index (χ0) is 15.6. The van der Waals surface area contributed by atoms with Gasteiger partial charge in [0, 0.05) is 31.7 Å². The van der Waals surface area contributed by atoms with Crippen LogP contribution in [0, 0.1) is 10.1 Å². The number of anilines is 1.